The van der Waals surface area contributed by atoms with Crippen LogP contribution in [0.4, 0.5) is 5.69 Å². The van der Waals surface area contributed by atoms with Crippen molar-refractivity contribution in [2.75, 3.05) is 32.0 Å². The lowest BCUT2D eigenvalue weighted by molar-refractivity contribution is 0.0917. The molecule has 20 heavy (non-hydrogen) atoms. The second-order valence-electron chi connectivity index (χ2n) is 5.40. The molecular formula is C15H24N4O. The zero-order valence-corrected chi connectivity index (χ0v) is 12.4. The Hall–Kier alpha value is -1.62. The highest BCUT2D eigenvalue weighted by molar-refractivity contribution is 5.99. The van der Waals surface area contributed by atoms with Gasteiger partial charge < -0.3 is 15.5 Å². The number of piperidine rings is 1. The summed E-state index contributed by atoms with van der Waals surface area (Å²) in [5.41, 5.74) is 1.51. The summed E-state index contributed by atoms with van der Waals surface area (Å²) in [6, 6.07) is 2.06. The molecule has 0 unspecified atom stereocenters. The molecule has 1 saturated heterocycles. The fourth-order valence-corrected chi connectivity index (χ4v) is 2.41. The van der Waals surface area contributed by atoms with E-state index in [1.165, 1.54) is 0 Å². The number of hydrogen-bond donors (Lipinski definition) is 2. The summed E-state index contributed by atoms with van der Waals surface area (Å²) in [5.74, 6) is 0.000515. The molecule has 1 aliphatic rings. The van der Waals surface area contributed by atoms with Crippen LogP contribution in [0.25, 0.3) is 0 Å². The highest BCUT2D eigenvalue weighted by Crippen LogP contribution is 2.15. The van der Waals surface area contributed by atoms with Gasteiger partial charge in [0.1, 0.15) is 0 Å². The summed E-state index contributed by atoms with van der Waals surface area (Å²) in [6.45, 7) is 5.03. The smallest absolute Gasteiger partial charge is 0.253 e. The van der Waals surface area contributed by atoms with Gasteiger partial charge in [0, 0.05) is 18.8 Å². The molecule has 0 atom stereocenters. The van der Waals surface area contributed by atoms with E-state index in [-0.39, 0.29) is 11.9 Å². The predicted octanol–water partition coefficient (Wildman–Crippen LogP) is 1.73. The van der Waals surface area contributed by atoms with E-state index >= 15 is 0 Å². The molecule has 5 nitrogen and oxygen atoms in total. The first-order chi connectivity index (χ1) is 9.70. The number of likely N-dealkylation sites (tertiary alicyclic amines) is 1. The van der Waals surface area contributed by atoms with Crippen LogP contribution in [0.3, 0.4) is 0 Å². The fraction of sp³-hybridized carbons (Fsp3) is 0.600. The maximum atomic E-state index is 12.4. The molecule has 1 aliphatic heterocycles. The van der Waals surface area contributed by atoms with Crippen LogP contribution in [-0.2, 0) is 0 Å². The number of nitrogens with zero attached hydrogens (tertiary/aromatic N) is 2. The van der Waals surface area contributed by atoms with Crippen molar-refractivity contribution in [3.63, 3.8) is 0 Å². The lowest BCUT2D eigenvalue weighted by atomic mass is 10.0. The molecule has 1 fully saturated rings. The first-order valence-corrected chi connectivity index (χ1v) is 7.38. The second kappa shape index (κ2) is 7.24. The molecule has 5 heteroatoms. The number of carbonyl (C=O) groups is 1. The Balaban J connectivity index is 1.98. The van der Waals surface area contributed by atoms with E-state index in [0.29, 0.717) is 5.56 Å². The number of anilines is 1. The van der Waals surface area contributed by atoms with E-state index in [1.807, 2.05) is 0 Å². The first-order valence-electron chi connectivity index (χ1n) is 7.38. The van der Waals surface area contributed by atoms with Crippen LogP contribution in [0.5, 0.6) is 0 Å². The van der Waals surface area contributed by atoms with Gasteiger partial charge in [0.2, 0.25) is 0 Å². The average molecular weight is 276 g/mol. The van der Waals surface area contributed by atoms with Gasteiger partial charge in [-0.15, -0.1) is 0 Å². The van der Waals surface area contributed by atoms with Gasteiger partial charge in [-0.2, -0.15) is 0 Å². The van der Waals surface area contributed by atoms with Crippen molar-refractivity contribution in [2.24, 2.45) is 0 Å². The molecule has 110 valence electrons. The molecule has 2 heterocycles. The number of amides is 1. The number of aromatic nitrogens is 1. The van der Waals surface area contributed by atoms with Crippen molar-refractivity contribution in [3.05, 3.63) is 24.0 Å². The van der Waals surface area contributed by atoms with Gasteiger partial charge in [0.25, 0.3) is 5.91 Å². The van der Waals surface area contributed by atoms with Crippen LogP contribution >= 0.6 is 0 Å². The lowest BCUT2D eigenvalue weighted by Gasteiger charge is -2.29. The Morgan fingerprint density at radius 3 is 2.90 bits per heavy atom. The van der Waals surface area contributed by atoms with E-state index in [9.17, 15) is 4.79 Å². The molecule has 0 aromatic carbocycles. The Kier molecular flexibility index (Phi) is 5.35. The number of hydrogen-bond acceptors (Lipinski definition) is 4. The Morgan fingerprint density at radius 1 is 1.45 bits per heavy atom. The molecule has 2 N–H and O–H groups in total. The second-order valence-corrected chi connectivity index (χ2v) is 5.40. The van der Waals surface area contributed by atoms with E-state index < -0.39 is 0 Å². The minimum atomic E-state index is 0.000515. The van der Waals surface area contributed by atoms with Crippen molar-refractivity contribution >= 4 is 11.6 Å². The third kappa shape index (κ3) is 3.93. The molecule has 0 radical (unpaired) electrons. The van der Waals surface area contributed by atoms with Crippen molar-refractivity contribution in [1.82, 2.24) is 15.2 Å². The number of nitrogens with one attached hydrogen (secondary N) is 2. The van der Waals surface area contributed by atoms with Gasteiger partial charge in [-0.05, 0) is 45.5 Å². The number of carbonyl (C=O) groups excluding carboxylic acids is 1. The topological polar surface area (TPSA) is 57.3 Å². The van der Waals surface area contributed by atoms with Gasteiger partial charge in [0.05, 0.1) is 17.4 Å². The van der Waals surface area contributed by atoms with Crippen LogP contribution in [-0.4, -0.2) is 48.5 Å². The van der Waals surface area contributed by atoms with E-state index in [1.54, 1.807) is 18.5 Å². The standard InChI is InChI=1S/C15H24N4O/c1-3-7-17-14-11-16-8-4-13(14)15(20)18-12-5-9-19(2)10-6-12/h4,8,11-12,17H,3,5-7,9-10H2,1-2H3,(H,18,20). The number of pyridine rings is 1. The Morgan fingerprint density at radius 2 is 2.20 bits per heavy atom. The van der Waals surface area contributed by atoms with Gasteiger partial charge in [0.15, 0.2) is 0 Å². The van der Waals surface area contributed by atoms with Crippen LogP contribution in [0.15, 0.2) is 18.5 Å². The zero-order valence-electron chi connectivity index (χ0n) is 12.4. The molecule has 0 bridgehead atoms. The first kappa shape index (κ1) is 14.8. The molecule has 1 aromatic rings. The maximum absolute atomic E-state index is 12.4. The van der Waals surface area contributed by atoms with Crippen LogP contribution in [0.1, 0.15) is 36.5 Å². The molecule has 1 aromatic heterocycles. The quantitative estimate of drug-likeness (QED) is 0.860. The van der Waals surface area contributed by atoms with Gasteiger partial charge in [-0.1, -0.05) is 6.92 Å². The SMILES string of the molecule is CCCNc1cnccc1C(=O)NC1CCN(C)CC1. The van der Waals surface area contributed by atoms with Crippen molar-refractivity contribution in [2.45, 2.75) is 32.2 Å². The minimum absolute atomic E-state index is 0.000515. The van der Waals surface area contributed by atoms with E-state index in [2.05, 4.69) is 34.5 Å². The summed E-state index contributed by atoms with van der Waals surface area (Å²) in [7, 11) is 2.12. The number of rotatable bonds is 5. The van der Waals surface area contributed by atoms with Gasteiger partial charge in [-0.25, -0.2) is 0 Å². The molecule has 2 rings (SSSR count). The lowest BCUT2D eigenvalue weighted by Crippen LogP contribution is -2.43. The molecular weight excluding hydrogens is 252 g/mol. The van der Waals surface area contributed by atoms with Crippen molar-refractivity contribution in [3.8, 4) is 0 Å². The normalized spacial score (nSPS) is 16.9. The maximum Gasteiger partial charge on any atom is 0.253 e. The van der Waals surface area contributed by atoms with E-state index in [4.69, 9.17) is 0 Å². The fourth-order valence-electron chi connectivity index (χ4n) is 2.41. The molecule has 1 amide bonds. The minimum Gasteiger partial charge on any atom is -0.383 e. The van der Waals surface area contributed by atoms with Crippen LogP contribution in [0.2, 0.25) is 0 Å². The highest BCUT2D eigenvalue weighted by Gasteiger charge is 2.20. The highest BCUT2D eigenvalue weighted by atomic mass is 16.1. The summed E-state index contributed by atoms with van der Waals surface area (Å²) >= 11 is 0. The summed E-state index contributed by atoms with van der Waals surface area (Å²) in [4.78, 5) is 18.8. The van der Waals surface area contributed by atoms with Crippen molar-refractivity contribution < 1.29 is 4.79 Å². The Bertz CT molecular complexity index is 441. The summed E-state index contributed by atoms with van der Waals surface area (Å²) in [6.07, 6.45) is 6.45. The van der Waals surface area contributed by atoms with Gasteiger partial charge in [-0.3, -0.25) is 9.78 Å². The summed E-state index contributed by atoms with van der Waals surface area (Å²) in [5, 5.41) is 6.40. The molecule has 0 saturated carbocycles. The zero-order chi connectivity index (χ0) is 14.4. The summed E-state index contributed by atoms with van der Waals surface area (Å²) < 4.78 is 0. The third-order valence-electron chi connectivity index (χ3n) is 3.68. The molecule has 0 spiro atoms. The largest absolute Gasteiger partial charge is 0.383 e. The predicted molar refractivity (Wildman–Crippen MR) is 81.0 cm³/mol. The van der Waals surface area contributed by atoms with Crippen LogP contribution in [0, 0.1) is 0 Å². The van der Waals surface area contributed by atoms with Crippen molar-refractivity contribution in [1.29, 1.82) is 0 Å². The average Bonchev–Trinajstić information content (AvgIpc) is 2.47. The van der Waals surface area contributed by atoms with E-state index in [0.717, 1.165) is 44.6 Å². The third-order valence-corrected chi connectivity index (χ3v) is 3.68. The van der Waals surface area contributed by atoms with Crippen LogP contribution < -0.4 is 10.6 Å². The van der Waals surface area contributed by atoms with Gasteiger partial charge >= 0.3 is 0 Å². The molecule has 0 aliphatic carbocycles. The monoisotopic (exact) mass is 276 g/mol. The Labute approximate surface area is 120 Å².